The Labute approximate surface area is 128 Å². The topological polar surface area (TPSA) is 49.8 Å². The fraction of sp³-hybridized carbons (Fsp3) is 0.941. The number of nitrogens with zero attached hydrogens (tertiary/aromatic N) is 1. The average molecular weight is 297 g/mol. The maximum Gasteiger partial charge on any atom is 0.308 e. The van der Waals surface area contributed by atoms with E-state index in [1.54, 1.807) is 0 Å². The van der Waals surface area contributed by atoms with Gasteiger partial charge in [0.15, 0.2) is 0 Å². The summed E-state index contributed by atoms with van der Waals surface area (Å²) in [5, 5.41) is 10.9. The predicted octanol–water partition coefficient (Wildman–Crippen LogP) is 2.59. The highest BCUT2D eigenvalue weighted by Gasteiger charge is 2.39. The van der Waals surface area contributed by atoms with Crippen LogP contribution in [0.4, 0.5) is 0 Å². The molecule has 2 rings (SSSR count). The van der Waals surface area contributed by atoms with Gasteiger partial charge in [0.05, 0.1) is 18.1 Å². The summed E-state index contributed by atoms with van der Waals surface area (Å²) in [6.45, 7) is 8.69. The Morgan fingerprint density at radius 2 is 1.90 bits per heavy atom. The summed E-state index contributed by atoms with van der Waals surface area (Å²) in [4.78, 5) is 14.2. The standard InChI is InChI=1S/C17H31NO3/c1-4-21-16(19)15-7-9-17(20,10-8-15)12-18-11-13(2)5-6-14(18)3/h13-15,20H,4-12H2,1-3H3. The number of rotatable bonds is 4. The number of ether oxygens (including phenoxy) is 1. The monoisotopic (exact) mass is 297 g/mol. The lowest BCUT2D eigenvalue weighted by atomic mass is 9.78. The molecular weight excluding hydrogens is 266 g/mol. The molecule has 2 aliphatic rings. The highest BCUT2D eigenvalue weighted by atomic mass is 16.5. The van der Waals surface area contributed by atoms with Crippen molar-refractivity contribution in [3.63, 3.8) is 0 Å². The summed E-state index contributed by atoms with van der Waals surface area (Å²) in [5.74, 6) is 0.628. The minimum Gasteiger partial charge on any atom is -0.466 e. The summed E-state index contributed by atoms with van der Waals surface area (Å²) < 4.78 is 5.10. The van der Waals surface area contributed by atoms with Crippen LogP contribution in [0.2, 0.25) is 0 Å². The number of β-amino-alcohol motifs (C(OH)–C–C–N with tert-alkyl or cyclic N) is 1. The third-order valence-corrected chi connectivity index (χ3v) is 5.28. The van der Waals surface area contributed by atoms with Crippen LogP contribution in [0.25, 0.3) is 0 Å². The first-order chi connectivity index (χ1) is 9.93. The van der Waals surface area contributed by atoms with Crippen molar-refractivity contribution in [2.24, 2.45) is 11.8 Å². The van der Waals surface area contributed by atoms with Gasteiger partial charge in [-0.25, -0.2) is 0 Å². The van der Waals surface area contributed by atoms with Crippen molar-refractivity contribution in [2.45, 2.75) is 70.9 Å². The van der Waals surface area contributed by atoms with E-state index in [2.05, 4.69) is 18.7 Å². The number of piperidine rings is 1. The van der Waals surface area contributed by atoms with Gasteiger partial charge in [-0.1, -0.05) is 6.92 Å². The van der Waals surface area contributed by atoms with Crippen molar-refractivity contribution >= 4 is 5.97 Å². The normalized spacial score (nSPS) is 38.2. The van der Waals surface area contributed by atoms with Crippen LogP contribution in [0.15, 0.2) is 0 Å². The van der Waals surface area contributed by atoms with Crippen molar-refractivity contribution in [1.29, 1.82) is 0 Å². The minimum absolute atomic E-state index is 0.0112. The van der Waals surface area contributed by atoms with E-state index in [0.29, 0.717) is 25.5 Å². The van der Waals surface area contributed by atoms with Gasteiger partial charge in [0.2, 0.25) is 0 Å². The van der Waals surface area contributed by atoms with Gasteiger partial charge in [-0.3, -0.25) is 9.69 Å². The van der Waals surface area contributed by atoms with E-state index in [9.17, 15) is 9.90 Å². The first-order valence-electron chi connectivity index (χ1n) is 8.56. The van der Waals surface area contributed by atoms with Gasteiger partial charge < -0.3 is 9.84 Å². The zero-order valence-corrected chi connectivity index (χ0v) is 13.8. The SMILES string of the molecule is CCOC(=O)C1CCC(O)(CN2CC(C)CCC2C)CC1. The van der Waals surface area contributed by atoms with Crippen LogP contribution in [0.3, 0.4) is 0 Å². The van der Waals surface area contributed by atoms with Crippen molar-refractivity contribution in [2.75, 3.05) is 19.7 Å². The number of hydrogen-bond donors (Lipinski definition) is 1. The molecule has 2 fully saturated rings. The van der Waals surface area contributed by atoms with Crippen LogP contribution in [0.1, 0.15) is 59.3 Å². The van der Waals surface area contributed by atoms with Crippen molar-refractivity contribution in [1.82, 2.24) is 4.90 Å². The molecule has 0 aromatic rings. The number of hydrogen-bond acceptors (Lipinski definition) is 4. The molecule has 122 valence electrons. The molecular formula is C17H31NO3. The fourth-order valence-corrected chi connectivity index (χ4v) is 3.79. The highest BCUT2D eigenvalue weighted by molar-refractivity contribution is 5.72. The molecule has 0 spiro atoms. The molecule has 0 aromatic carbocycles. The molecule has 2 atom stereocenters. The summed E-state index contributed by atoms with van der Waals surface area (Å²) in [6, 6.07) is 0.563. The molecule has 1 aliphatic carbocycles. The molecule has 0 aromatic heterocycles. The third kappa shape index (κ3) is 4.43. The number of carbonyl (C=O) groups is 1. The van der Waals surface area contributed by atoms with Crippen LogP contribution >= 0.6 is 0 Å². The summed E-state index contributed by atoms with van der Waals surface area (Å²) >= 11 is 0. The zero-order chi connectivity index (χ0) is 15.5. The Bertz CT molecular complexity index is 350. The highest BCUT2D eigenvalue weighted by Crippen LogP contribution is 2.35. The van der Waals surface area contributed by atoms with Crippen molar-refractivity contribution < 1.29 is 14.6 Å². The molecule has 1 aliphatic heterocycles. The predicted molar refractivity (Wildman–Crippen MR) is 83.0 cm³/mol. The molecule has 1 heterocycles. The number of carbonyl (C=O) groups excluding carboxylic acids is 1. The molecule has 1 N–H and O–H groups in total. The van der Waals surface area contributed by atoms with Crippen LogP contribution in [-0.2, 0) is 9.53 Å². The zero-order valence-electron chi connectivity index (χ0n) is 13.8. The lowest BCUT2D eigenvalue weighted by molar-refractivity contribution is -0.151. The number of aliphatic hydroxyl groups is 1. The smallest absolute Gasteiger partial charge is 0.308 e. The second kappa shape index (κ2) is 7.10. The van der Waals surface area contributed by atoms with Crippen molar-refractivity contribution in [3.8, 4) is 0 Å². The Kier molecular flexibility index (Phi) is 5.67. The van der Waals surface area contributed by atoms with E-state index in [0.717, 1.165) is 31.8 Å². The van der Waals surface area contributed by atoms with Gasteiger partial charge in [0.1, 0.15) is 0 Å². The average Bonchev–Trinajstić information content (AvgIpc) is 2.44. The Balaban J connectivity index is 1.85. The summed E-state index contributed by atoms with van der Waals surface area (Å²) in [6.07, 6.45) is 5.46. The molecule has 0 radical (unpaired) electrons. The first kappa shape index (κ1) is 16.8. The Morgan fingerprint density at radius 3 is 2.52 bits per heavy atom. The van der Waals surface area contributed by atoms with E-state index < -0.39 is 5.60 Å². The lowest BCUT2D eigenvalue weighted by Crippen LogP contribution is -2.51. The summed E-state index contributed by atoms with van der Waals surface area (Å²) in [7, 11) is 0. The molecule has 0 bridgehead atoms. The van der Waals surface area contributed by atoms with E-state index in [4.69, 9.17) is 4.74 Å². The third-order valence-electron chi connectivity index (χ3n) is 5.28. The van der Waals surface area contributed by atoms with Crippen LogP contribution in [-0.4, -0.2) is 47.3 Å². The minimum atomic E-state index is -0.617. The van der Waals surface area contributed by atoms with Gasteiger partial charge in [-0.15, -0.1) is 0 Å². The van der Waals surface area contributed by atoms with Gasteiger partial charge in [0.25, 0.3) is 0 Å². The van der Waals surface area contributed by atoms with Crippen LogP contribution < -0.4 is 0 Å². The van der Waals surface area contributed by atoms with E-state index in [1.165, 1.54) is 12.8 Å². The quantitative estimate of drug-likeness (QED) is 0.810. The largest absolute Gasteiger partial charge is 0.466 e. The maximum absolute atomic E-state index is 11.8. The van der Waals surface area contributed by atoms with Gasteiger partial charge in [0, 0.05) is 19.1 Å². The van der Waals surface area contributed by atoms with E-state index in [1.807, 2.05) is 6.92 Å². The number of likely N-dealkylation sites (tertiary alicyclic amines) is 1. The first-order valence-corrected chi connectivity index (χ1v) is 8.56. The van der Waals surface area contributed by atoms with Crippen LogP contribution in [0, 0.1) is 11.8 Å². The Hall–Kier alpha value is -0.610. The number of esters is 1. The Morgan fingerprint density at radius 1 is 1.24 bits per heavy atom. The summed E-state index contributed by atoms with van der Waals surface area (Å²) in [5.41, 5.74) is -0.617. The lowest BCUT2D eigenvalue weighted by Gasteiger charge is -2.44. The molecule has 2 unspecified atom stereocenters. The molecule has 0 amide bonds. The molecule has 1 saturated heterocycles. The van der Waals surface area contributed by atoms with Crippen molar-refractivity contribution in [3.05, 3.63) is 0 Å². The fourth-order valence-electron chi connectivity index (χ4n) is 3.79. The van der Waals surface area contributed by atoms with E-state index >= 15 is 0 Å². The molecule has 21 heavy (non-hydrogen) atoms. The molecule has 4 nitrogen and oxygen atoms in total. The second-order valence-corrected chi connectivity index (χ2v) is 7.21. The van der Waals surface area contributed by atoms with Gasteiger partial charge in [-0.05, 0) is 58.3 Å². The molecule has 4 heteroatoms. The maximum atomic E-state index is 11.8. The molecule has 1 saturated carbocycles. The van der Waals surface area contributed by atoms with Gasteiger partial charge in [-0.2, -0.15) is 0 Å². The van der Waals surface area contributed by atoms with Crippen LogP contribution in [0.5, 0.6) is 0 Å². The van der Waals surface area contributed by atoms with Gasteiger partial charge >= 0.3 is 5.97 Å². The second-order valence-electron chi connectivity index (χ2n) is 7.21. The van der Waals surface area contributed by atoms with E-state index in [-0.39, 0.29) is 11.9 Å².